The van der Waals surface area contributed by atoms with Gasteiger partial charge in [-0.15, -0.1) is 0 Å². The Morgan fingerprint density at radius 1 is 1.48 bits per heavy atom. The van der Waals surface area contributed by atoms with Crippen LogP contribution in [0.15, 0.2) is 18.2 Å². The summed E-state index contributed by atoms with van der Waals surface area (Å²) < 4.78 is 0. The number of aromatic nitrogens is 2. The van der Waals surface area contributed by atoms with Crippen molar-refractivity contribution < 1.29 is 4.79 Å². The molecule has 0 spiro atoms. The molecule has 0 aliphatic carbocycles. The molecular formula is C18H26N4O. The predicted molar refractivity (Wildman–Crippen MR) is 92.4 cm³/mol. The number of nitrogens with zero attached hydrogens (tertiary/aromatic N) is 2. The number of hydrogen-bond acceptors (Lipinski definition) is 3. The molecule has 1 saturated heterocycles. The number of aromatic amines is 1. The van der Waals surface area contributed by atoms with Gasteiger partial charge in [-0.3, -0.25) is 4.79 Å². The Balaban J connectivity index is 1.58. The molecule has 3 rings (SSSR count). The van der Waals surface area contributed by atoms with Gasteiger partial charge in [0.25, 0.3) is 0 Å². The van der Waals surface area contributed by atoms with Crippen LogP contribution in [0.4, 0.5) is 0 Å². The highest BCUT2D eigenvalue weighted by molar-refractivity contribution is 5.79. The maximum atomic E-state index is 12.5. The molecule has 1 aliphatic rings. The molecule has 0 saturated carbocycles. The largest absolute Gasteiger partial charge is 0.342 e. The molecule has 0 bridgehead atoms. The van der Waals surface area contributed by atoms with Crippen LogP contribution < -0.4 is 5.32 Å². The van der Waals surface area contributed by atoms with Gasteiger partial charge in [0.2, 0.25) is 5.91 Å². The third-order valence-electron chi connectivity index (χ3n) is 4.70. The van der Waals surface area contributed by atoms with Crippen LogP contribution in [0.3, 0.4) is 0 Å². The monoisotopic (exact) mass is 314 g/mol. The maximum absolute atomic E-state index is 12.5. The minimum Gasteiger partial charge on any atom is -0.342 e. The number of piperidine rings is 1. The number of aryl methyl sites for hydroxylation is 2. The van der Waals surface area contributed by atoms with Gasteiger partial charge in [-0.2, -0.15) is 0 Å². The number of hydrogen-bond donors (Lipinski definition) is 2. The summed E-state index contributed by atoms with van der Waals surface area (Å²) in [5, 5.41) is 3.22. The van der Waals surface area contributed by atoms with E-state index in [9.17, 15) is 4.79 Å². The lowest BCUT2D eigenvalue weighted by Crippen LogP contribution is -2.42. The number of rotatable bonds is 5. The minimum absolute atomic E-state index is 0.253. The zero-order chi connectivity index (χ0) is 16.2. The van der Waals surface area contributed by atoms with E-state index in [0.717, 1.165) is 42.9 Å². The average Bonchev–Trinajstić information content (AvgIpc) is 2.98. The average molecular weight is 314 g/mol. The van der Waals surface area contributed by atoms with Crippen molar-refractivity contribution in [1.82, 2.24) is 20.2 Å². The van der Waals surface area contributed by atoms with Crippen LogP contribution in [0.25, 0.3) is 11.0 Å². The summed E-state index contributed by atoms with van der Waals surface area (Å²) in [5.41, 5.74) is 3.24. The van der Waals surface area contributed by atoms with Crippen LogP contribution in [0.1, 0.15) is 30.7 Å². The minimum atomic E-state index is 0.253. The number of H-pyrrole nitrogens is 1. The van der Waals surface area contributed by atoms with Crippen molar-refractivity contribution in [2.24, 2.45) is 5.92 Å². The van der Waals surface area contributed by atoms with Crippen LogP contribution >= 0.6 is 0 Å². The molecule has 0 radical (unpaired) electrons. The maximum Gasteiger partial charge on any atom is 0.223 e. The van der Waals surface area contributed by atoms with Gasteiger partial charge in [-0.25, -0.2) is 4.98 Å². The molecule has 5 nitrogen and oxygen atoms in total. The van der Waals surface area contributed by atoms with Crippen LogP contribution in [0.2, 0.25) is 0 Å². The van der Waals surface area contributed by atoms with Crippen molar-refractivity contribution in [2.45, 2.75) is 32.6 Å². The van der Waals surface area contributed by atoms with Gasteiger partial charge >= 0.3 is 0 Å². The molecule has 2 heterocycles. The molecule has 1 amide bonds. The fraction of sp³-hybridized carbons (Fsp3) is 0.556. The highest BCUT2D eigenvalue weighted by Gasteiger charge is 2.23. The zero-order valence-corrected chi connectivity index (χ0v) is 14.1. The SMILES string of the molecule is CNCC1CCCN(C(=O)CCc2nc3c(C)cccc3[nH]2)C1. The number of nitrogens with one attached hydrogen (secondary N) is 2. The number of fused-ring (bicyclic) bond motifs is 1. The van der Waals surface area contributed by atoms with Crippen LogP contribution in [0.5, 0.6) is 0 Å². The summed E-state index contributed by atoms with van der Waals surface area (Å²) in [6, 6.07) is 6.13. The fourth-order valence-corrected chi connectivity index (χ4v) is 3.48. The Morgan fingerprint density at radius 2 is 2.35 bits per heavy atom. The summed E-state index contributed by atoms with van der Waals surface area (Å²) in [5.74, 6) is 1.75. The van der Waals surface area contributed by atoms with Crippen LogP contribution in [-0.2, 0) is 11.2 Å². The number of carbonyl (C=O) groups excluding carboxylic acids is 1. The molecule has 124 valence electrons. The molecule has 1 aromatic carbocycles. The van der Waals surface area contributed by atoms with E-state index in [2.05, 4.69) is 28.3 Å². The van der Waals surface area contributed by atoms with E-state index in [0.29, 0.717) is 18.8 Å². The van der Waals surface area contributed by atoms with Gasteiger partial charge in [0, 0.05) is 25.9 Å². The predicted octanol–water partition coefficient (Wildman–Crippen LogP) is 2.26. The molecule has 23 heavy (non-hydrogen) atoms. The lowest BCUT2D eigenvalue weighted by Gasteiger charge is -2.32. The van der Waals surface area contributed by atoms with E-state index in [1.807, 2.05) is 24.1 Å². The van der Waals surface area contributed by atoms with Crippen molar-refractivity contribution in [3.8, 4) is 0 Å². The third kappa shape index (κ3) is 3.72. The molecule has 2 N–H and O–H groups in total. The molecule has 1 aliphatic heterocycles. The van der Waals surface area contributed by atoms with Crippen molar-refractivity contribution in [2.75, 3.05) is 26.7 Å². The van der Waals surface area contributed by atoms with E-state index in [-0.39, 0.29) is 5.91 Å². The summed E-state index contributed by atoms with van der Waals surface area (Å²) in [6.45, 7) is 4.84. The third-order valence-corrected chi connectivity index (χ3v) is 4.70. The zero-order valence-electron chi connectivity index (χ0n) is 14.1. The number of para-hydroxylation sites is 1. The Kier molecular flexibility index (Phi) is 4.96. The second-order valence-electron chi connectivity index (χ2n) is 6.56. The molecule has 1 unspecified atom stereocenters. The molecular weight excluding hydrogens is 288 g/mol. The second-order valence-corrected chi connectivity index (χ2v) is 6.56. The first kappa shape index (κ1) is 16.0. The van der Waals surface area contributed by atoms with Crippen molar-refractivity contribution in [3.63, 3.8) is 0 Å². The number of carbonyl (C=O) groups is 1. The van der Waals surface area contributed by atoms with E-state index in [4.69, 9.17) is 0 Å². The first-order valence-corrected chi connectivity index (χ1v) is 8.54. The van der Waals surface area contributed by atoms with Crippen LogP contribution in [-0.4, -0.2) is 47.5 Å². The standard InChI is InChI=1S/C18H26N4O/c1-13-5-3-7-15-18(13)21-16(20-15)8-9-17(23)22-10-4-6-14(12-22)11-19-2/h3,5,7,14,19H,4,6,8-12H2,1-2H3,(H,20,21). The molecule has 5 heteroatoms. The van der Waals surface area contributed by atoms with Gasteiger partial charge in [0.15, 0.2) is 0 Å². The second kappa shape index (κ2) is 7.13. The normalized spacial score (nSPS) is 18.5. The van der Waals surface area contributed by atoms with E-state index >= 15 is 0 Å². The summed E-state index contributed by atoms with van der Waals surface area (Å²) in [7, 11) is 1.98. The van der Waals surface area contributed by atoms with E-state index in [1.165, 1.54) is 12.0 Å². The molecule has 2 aromatic rings. The lowest BCUT2D eigenvalue weighted by atomic mass is 9.97. The number of amides is 1. The van der Waals surface area contributed by atoms with Crippen molar-refractivity contribution in [1.29, 1.82) is 0 Å². The fourth-order valence-electron chi connectivity index (χ4n) is 3.48. The van der Waals surface area contributed by atoms with E-state index < -0.39 is 0 Å². The summed E-state index contributed by atoms with van der Waals surface area (Å²) in [4.78, 5) is 22.5. The number of likely N-dealkylation sites (tertiary alicyclic amines) is 1. The summed E-state index contributed by atoms with van der Waals surface area (Å²) in [6.07, 6.45) is 3.54. The number of imidazole rings is 1. The highest BCUT2D eigenvalue weighted by atomic mass is 16.2. The first-order chi connectivity index (χ1) is 11.2. The van der Waals surface area contributed by atoms with Crippen molar-refractivity contribution >= 4 is 16.9 Å². The Labute approximate surface area is 137 Å². The molecule has 1 fully saturated rings. The van der Waals surface area contributed by atoms with Gasteiger partial charge in [-0.1, -0.05) is 12.1 Å². The molecule has 1 aromatic heterocycles. The van der Waals surface area contributed by atoms with Crippen LogP contribution in [0, 0.1) is 12.8 Å². The Hall–Kier alpha value is -1.88. The smallest absolute Gasteiger partial charge is 0.223 e. The Morgan fingerprint density at radius 3 is 3.13 bits per heavy atom. The summed E-state index contributed by atoms with van der Waals surface area (Å²) >= 11 is 0. The quantitative estimate of drug-likeness (QED) is 0.890. The van der Waals surface area contributed by atoms with Gasteiger partial charge in [0.05, 0.1) is 11.0 Å². The van der Waals surface area contributed by atoms with E-state index in [1.54, 1.807) is 0 Å². The van der Waals surface area contributed by atoms with Gasteiger partial charge in [0.1, 0.15) is 5.82 Å². The van der Waals surface area contributed by atoms with Gasteiger partial charge in [-0.05, 0) is 50.9 Å². The number of benzene rings is 1. The first-order valence-electron chi connectivity index (χ1n) is 8.54. The lowest BCUT2D eigenvalue weighted by molar-refractivity contribution is -0.132. The molecule has 1 atom stereocenters. The van der Waals surface area contributed by atoms with Crippen molar-refractivity contribution in [3.05, 3.63) is 29.6 Å². The topological polar surface area (TPSA) is 61.0 Å². The van der Waals surface area contributed by atoms with Gasteiger partial charge < -0.3 is 15.2 Å². The Bertz CT molecular complexity index is 677. The highest BCUT2D eigenvalue weighted by Crippen LogP contribution is 2.18.